The fourth-order valence-corrected chi connectivity index (χ4v) is 3.44. The topological polar surface area (TPSA) is 50.7 Å². The largest absolute Gasteiger partial charge is 0.489 e. The first-order valence-electron chi connectivity index (χ1n) is 10.3. The van der Waals surface area contributed by atoms with Crippen LogP contribution >= 0.6 is 23.2 Å². The Morgan fingerprint density at radius 2 is 1.69 bits per heavy atom. The van der Waals surface area contributed by atoms with Crippen molar-refractivity contribution in [2.24, 2.45) is 5.10 Å². The summed E-state index contributed by atoms with van der Waals surface area (Å²) < 4.78 is 5.76. The fourth-order valence-electron chi connectivity index (χ4n) is 2.98. The van der Waals surface area contributed by atoms with Crippen LogP contribution in [0.3, 0.4) is 0 Å². The highest BCUT2D eigenvalue weighted by Gasteiger charge is 2.13. The van der Waals surface area contributed by atoms with E-state index in [0.717, 1.165) is 16.7 Å². The summed E-state index contributed by atoms with van der Waals surface area (Å²) in [4.78, 5) is 12.1. The summed E-state index contributed by atoms with van der Waals surface area (Å²) in [6.07, 6.45) is 1.88. The molecule has 0 aliphatic rings. The summed E-state index contributed by atoms with van der Waals surface area (Å²) in [5.74, 6) is 0.542. The minimum absolute atomic E-state index is 0.0918. The quantitative estimate of drug-likeness (QED) is 0.315. The SMILES string of the molecule is CC(C)(C)c1ccc(CC(=O)N/N=C\c2ccc(OCc3ccc(Cl)cc3Cl)cc2)cc1. The molecule has 0 fully saturated rings. The molecule has 0 radical (unpaired) electrons. The van der Waals surface area contributed by atoms with E-state index in [2.05, 4.69) is 43.4 Å². The van der Waals surface area contributed by atoms with Crippen molar-refractivity contribution in [2.75, 3.05) is 0 Å². The number of benzene rings is 3. The minimum Gasteiger partial charge on any atom is -0.489 e. The van der Waals surface area contributed by atoms with E-state index in [-0.39, 0.29) is 17.7 Å². The van der Waals surface area contributed by atoms with Gasteiger partial charge in [-0.25, -0.2) is 5.43 Å². The van der Waals surface area contributed by atoms with Gasteiger partial charge < -0.3 is 4.74 Å². The molecule has 0 heterocycles. The van der Waals surface area contributed by atoms with Crippen LogP contribution in [0.5, 0.6) is 5.75 Å². The second kappa shape index (κ2) is 10.7. The lowest BCUT2D eigenvalue weighted by atomic mass is 9.86. The summed E-state index contributed by atoms with van der Waals surface area (Å²) in [6.45, 7) is 6.84. The molecule has 1 amide bonds. The smallest absolute Gasteiger partial charge is 0.244 e. The fraction of sp³-hybridized carbons (Fsp3) is 0.231. The Labute approximate surface area is 199 Å². The van der Waals surface area contributed by atoms with Gasteiger partial charge in [0, 0.05) is 15.6 Å². The number of nitrogens with one attached hydrogen (secondary N) is 1. The van der Waals surface area contributed by atoms with Crippen LogP contribution < -0.4 is 10.2 Å². The van der Waals surface area contributed by atoms with Gasteiger partial charge in [0.1, 0.15) is 12.4 Å². The lowest BCUT2D eigenvalue weighted by Crippen LogP contribution is -2.20. The minimum atomic E-state index is -0.162. The molecule has 0 bridgehead atoms. The number of hydrogen-bond donors (Lipinski definition) is 1. The van der Waals surface area contributed by atoms with E-state index >= 15 is 0 Å². The summed E-state index contributed by atoms with van der Waals surface area (Å²) >= 11 is 12.1. The molecule has 0 saturated heterocycles. The highest BCUT2D eigenvalue weighted by molar-refractivity contribution is 6.35. The van der Waals surface area contributed by atoms with Crippen LogP contribution in [0.4, 0.5) is 0 Å². The van der Waals surface area contributed by atoms with E-state index in [9.17, 15) is 4.79 Å². The Hall–Kier alpha value is -2.82. The normalized spacial score (nSPS) is 11.5. The Morgan fingerprint density at radius 3 is 2.31 bits per heavy atom. The first kappa shape index (κ1) is 23.8. The van der Waals surface area contributed by atoms with Gasteiger partial charge in [-0.1, -0.05) is 74.3 Å². The number of rotatable bonds is 7. The van der Waals surface area contributed by atoms with Gasteiger partial charge in [0.15, 0.2) is 0 Å². The maximum absolute atomic E-state index is 12.1. The lowest BCUT2D eigenvalue weighted by Gasteiger charge is -2.19. The van der Waals surface area contributed by atoms with E-state index in [4.69, 9.17) is 27.9 Å². The zero-order valence-electron chi connectivity index (χ0n) is 18.4. The number of halogens is 2. The lowest BCUT2D eigenvalue weighted by molar-refractivity contribution is -0.120. The first-order chi connectivity index (χ1) is 15.2. The van der Waals surface area contributed by atoms with Crippen molar-refractivity contribution in [1.29, 1.82) is 0 Å². The number of amides is 1. The number of hydrogen-bond acceptors (Lipinski definition) is 3. The molecular weight excluding hydrogens is 443 g/mol. The molecule has 0 unspecified atom stereocenters. The third kappa shape index (κ3) is 7.11. The van der Waals surface area contributed by atoms with Gasteiger partial charge in [-0.15, -0.1) is 0 Å². The third-order valence-corrected chi connectivity index (χ3v) is 5.46. The van der Waals surface area contributed by atoms with Gasteiger partial charge in [-0.3, -0.25) is 4.79 Å². The van der Waals surface area contributed by atoms with Crippen LogP contribution in [-0.2, 0) is 23.2 Å². The van der Waals surface area contributed by atoms with Crippen LogP contribution in [0, 0.1) is 0 Å². The Balaban J connectivity index is 1.47. The van der Waals surface area contributed by atoms with Crippen molar-refractivity contribution in [1.82, 2.24) is 5.43 Å². The van der Waals surface area contributed by atoms with Crippen molar-refractivity contribution < 1.29 is 9.53 Å². The number of carbonyl (C=O) groups is 1. The van der Waals surface area contributed by atoms with E-state index in [1.807, 2.05) is 42.5 Å². The van der Waals surface area contributed by atoms with Crippen molar-refractivity contribution in [2.45, 2.75) is 39.2 Å². The molecule has 3 rings (SSSR count). The van der Waals surface area contributed by atoms with Crippen molar-refractivity contribution in [3.8, 4) is 5.75 Å². The van der Waals surface area contributed by atoms with Crippen molar-refractivity contribution in [3.63, 3.8) is 0 Å². The second-order valence-corrected chi connectivity index (χ2v) is 9.35. The number of carbonyl (C=O) groups excluding carboxylic acids is 1. The van der Waals surface area contributed by atoms with E-state index < -0.39 is 0 Å². The molecular formula is C26H26Cl2N2O2. The number of ether oxygens (including phenoxy) is 1. The van der Waals surface area contributed by atoms with E-state index in [1.54, 1.807) is 18.3 Å². The van der Waals surface area contributed by atoms with Crippen LogP contribution in [0.2, 0.25) is 10.0 Å². The monoisotopic (exact) mass is 468 g/mol. The van der Waals surface area contributed by atoms with Crippen LogP contribution in [0.15, 0.2) is 71.8 Å². The molecule has 0 saturated carbocycles. The first-order valence-corrected chi connectivity index (χ1v) is 11.0. The maximum Gasteiger partial charge on any atom is 0.244 e. The van der Waals surface area contributed by atoms with Gasteiger partial charge >= 0.3 is 0 Å². The Kier molecular flexibility index (Phi) is 7.94. The number of nitrogens with zero attached hydrogens (tertiary/aromatic N) is 1. The predicted octanol–water partition coefficient (Wildman–Crippen LogP) is 6.56. The Bertz CT molecular complexity index is 1090. The molecule has 0 aliphatic heterocycles. The van der Waals surface area contributed by atoms with Gasteiger partial charge in [-0.05, 0) is 58.5 Å². The van der Waals surface area contributed by atoms with Crippen LogP contribution in [0.25, 0.3) is 0 Å². The Morgan fingerprint density at radius 1 is 1.00 bits per heavy atom. The summed E-state index contributed by atoms with van der Waals surface area (Å²) in [5.41, 5.74) is 6.56. The summed E-state index contributed by atoms with van der Waals surface area (Å²) in [6, 6.07) is 20.8. The highest BCUT2D eigenvalue weighted by atomic mass is 35.5. The standard InChI is InChI=1S/C26H26Cl2N2O2/c1-26(2,3)21-9-4-18(5-10-21)14-25(31)30-29-16-19-6-12-23(13-7-19)32-17-20-8-11-22(27)15-24(20)28/h4-13,15-16H,14,17H2,1-3H3,(H,30,31)/b29-16-. The molecule has 0 aliphatic carbocycles. The molecule has 32 heavy (non-hydrogen) atoms. The molecule has 6 heteroatoms. The zero-order chi connectivity index (χ0) is 23.1. The van der Waals surface area contributed by atoms with Crippen molar-refractivity contribution >= 4 is 35.3 Å². The third-order valence-electron chi connectivity index (χ3n) is 4.88. The zero-order valence-corrected chi connectivity index (χ0v) is 19.9. The van der Waals surface area contributed by atoms with Crippen LogP contribution in [0.1, 0.15) is 43.0 Å². The average Bonchev–Trinajstić information content (AvgIpc) is 2.74. The molecule has 0 spiro atoms. The molecule has 0 aromatic heterocycles. The molecule has 0 atom stereocenters. The molecule has 166 valence electrons. The van der Waals surface area contributed by atoms with Gasteiger partial charge in [0.05, 0.1) is 12.6 Å². The molecule has 4 nitrogen and oxygen atoms in total. The second-order valence-electron chi connectivity index (χ2n) is 8.51. The molecule has 1 N–H and O–H groups in total. The maximum atomic E-state index is 12.1. The molecule has 3 aromatic carbocycles. The highest BCUT2D eigenvalue weighted by Crippen LogP contribution is 2.23. The van der Waals surface area contributed by atoms with E-state index in [1.165, 1.54) is 5.56 Å². The van der Waals surface area contributed by atoms with Gasteiger partial charge in [0.2, 0.25) is 5.91 Å². The van der Waals surface area contributed by atoms with Gasteiger partial charge in [0.25, 0.3) is 0 Å². The van der Waals surface area contributed by atoms with E-state index in [0.29, 0.717) is 22.4 Å². The van der Waals surface area contributed by atoms with Crippen LogP contribution in [-0.4, -0.2) is 12.1 Å². The average molecular weight is 469 g/mol. The summed E-state index contributed by atoms with van der Waals surface area (Å²) in [7, 11) is 0. The predicted molar refractivity (Wildman–Crippen MR) is 132 cm³/mol. The number of hydrazone groups is 1. The summed E-state index contributed by atoms with van der Waals surface area (Å²) in [5, 5.41) is 5.20. The van der Waals surface area contributed by atoms with Gasteiger partial charge in [-0.2, -0.15) is 5.10 Å². The van der Waals surface area contributed by atoms with Crippen molar-refractivity contribution in [3.05, 3.63) is 99.0 Å². The molecule has 3 aromatic rings.